The van der Waals surface area contributed by atoms with Crippen LogP contribution in [0.25, 0.3) is 0 Å². The predicted molar refractivity (Wildman–Crippen MR) is 60.2 cm³/mol. The number of allylic oxidation sites excluding steroid dienone is 2. The first-order valence-electron chi connectivity index (χ1n) is 5.78. The molecule has 1 rings (SSSR count). The van der Waals surface area contributed by atoms with Crippen LogP contribution in [0.1, 0.15) is 59.3 Å². The number of Topliss-reactive ketones (excluding diaryl/α,β-unsaturated/α-hetero) is 1. The summed E-state index contributed by atoms with van der Waals surface area (Å²) in [5.41, 5.74) is 3.04. The van der Waals surface area contributed by atoms with Crippen molar-refractivity contribution in [3.63, 3.8) is 0 Å². The van der Waals surface area contributed by atoms with Crippen LogP contribution in [0.2, 0.25) is 0 Å². The Hall–Kier alpha value is -0.590. The van der Waals surface area contributed by atoms with Gasteiger partial charge in [0.25, 0.3) is 0 Å². The van der Waals surface area contributed by atoms with Crippen LogP contribution >= 0.6 is 0 Å². The van der Waals surface area contributed by atoms with Crippen molar-refractivity contribution < 1.29 is 4.79 Å². The molecule has 0 N–H and O–H groups in total. The molecule has 14 heavy (non-hydrogen) atoms. The minimum absolute atomic E-state index is 0.448. The molecule has 0 aromatic heterocycles. The molecule has 0 bridgehead atoms. The van der Waals surface area contributed by atoms with Crippen LogP contribution in [0.3, 0.4) is 0 Å². The number of rotatable bonds is 3. The summed E-state index contributed by atoms with van der Waals surface area (Å²) in [6, 6.07) is 0. The van der Waals surface area contributed by atoms with Gasteiger partial charge < -0.3 is 0 Å². The molecule has 0 aromatic rings. The molecule has 0 aliphatic heterocycles. The number of ketones is 1. The molecule has 0 spiro atoms. The Balaban J connectivity index is 2.51. The van der Waals surface area contributed by atoms with Gasteiger partial charge in [-0.1, -0.05) is 25.0 Å². The van der Waals surface area contributed by atoms with E-state index >= 15 is 0 Å². The summed E-state index contributed by atoms with van der Waals surface area (Å²) in [7, 11) is 0. The lowest BCUT2D eigenvalue weighted by Gasteiger charge is -2.10. The van der Waals surface area contributed by atoms with Gasteiger partial charge in [0.2, 0.25) is 0 Å². The second kappa shape index (κ2) is 5.33. The summed E-state index contributed by atoms with van der Waals surface area (Å²) in [6.07, 6.45) is 6.06. The summed E-state index contributed by atoms with van der Waals surface area (Å²) in [6.45, 7) is 6.73. The third-order valence-corrected chi connectivity index (χ3v) is 3.11. The molecule has 0 amide bonds. The Morgan fingerprint density at radius 3 is 2.43 bits per heavy atom. The first-order valence-corrected chi connectivity index (χ1v) is 5.78. The highest BCUT2D eigenvalue weighted by molar-refractivity contribution is 5.79. The van der Waals surface area contributed by atoms with E-state index in [2.05, 4.69) is 20.8 Å². The van der Waals surface area contributed by atoms with Crippen molar-refractivity contribution in [3.8, 4) is 0 Å². The Labute approximate surface area is 87.6 Å². The van der Waals surface area contributed by atoms with Gasteiger partial charge in [0.1, 0.15) is 5.78 Å². The Morgan fingerprint density at radius 2 is 1.79 bits per heavy atom. The van der Waals surface area contributed by atoms with Crippen LogP contribution in [0.4, 0.5) is 0 Å². The lowest BCUT2D eigenvalue weighted by Crippen LogP contribution is -1.95. The van der Waals surface area contributed by atoms with Crippen LogP contribution < -0.4 is 0 Å². The van der Waals surface area contributed by atoms with Gasteiger partial charge in [-0.15, -0.1) is 0 Å². The topological polar surface area (TPSA) is 17.1 Å². The van der Waals surface area contributed by atoms with Crippen LogP contribution in [-0.4, -0.2) is 5.78 Å². The fraction of sp³-hybridized carbons (Fsp3) is 0.769. The van der Waals surface area contributed by atoms with Crippen molar-refractivity contribution in [2.24, 2.45) is 5.92 Å². The van der Waals surface area contributed by atoms with E-state index in [1.807, 2.05) is 0 Å². The van der Waals surface area contributed by atoms with Gasteiger partial charge in [-0.3, -0.25) is 4.79 Å². The molecular weight excluding hydrogens is 172 g/mol. The van der Waals surface area contributed by atoms with Crippen LogP contribution in [-0.2, 0) is 4.79 Å². The lowest BCUT2D eigenvalue weighted by atomic mass is 9.96. The molecule has 80 valence electrons. The minimum atomic E-state index is 0.448. The van der Waals surface area contributed by atoms with Gasteiger partial charge in [0, 0.05) is 12.8 Å². The molecule has 0 saturated heterocycles. The summed E-state index contributed by atoms with van der Waals surface area (Å²) >= 11 is 0. The molecule has 0 aromatic carbocycles. The van der Waals surface area contributed by atoms with Gasteiger partial charge >= 0.3 is 0 Å². The molecule has 0 fully saturated rings. The van der Waals surface area contributed by atoms with E-state index in [1.54, 1.807) is 5.57 Å². The van der Waals surface area contributed by atoms with Gasteiger partial charge in [0.15, 0.2) is 0 Å². The minimum Gasteiger partial charge on any atom is -0.300 e. The van der Waals surface area contributed by atoms with Crippen molar-refractivity contribution in [1.29, 1.82) is 0 Å². The second-order valence-corrected chi connectivity index (χ2v) is 4.86. The van der Waals surface area contributed by atoms with Crippen LogP contribution in [0.15, 0.2) is 11.1 Å². The molecule has 0 atom stereocenters. The highest BCUT2D eigenvalue weighted by Gasteiger charge is 2.13. The summed E-state index contributed by atoms with van der Waals surface area (Å²) in [5.74, 6) is 1.22. The average Bonchev–Trinajstić information content (AvgIpc) is 2.27. The van der Waals surface area contributed by atoms with Crippen molar-refractivity contribution >= 4 is 5.78 Å². The third-order valence-electron chi connectivity index (χ3n) is 3.11. The van der Waals surface area contributed by atoms with Crippen LogP contribution in [0.5, 0.6) is 0 Å². The van der Waals surface area contributed by atoms with Crippen molar-refractivity contribution in [2.45, 2.75) is 59.3 Å². The summed E-state index contributed by atoms with van der Waals surface area (Å²) < 4.78 is 0. The van der Waals surface area contributed by atoms with Gasteiger partial charge in [0.05, 0.1) is 0 Å². The van der Waals surface area contributed by atoms with Gasteiger partial charge in [-0.25, -0.2) is 0 Å². The maximum Gasteiger partial charge on any atom is 0.133 e. The molecule has 0 unspecified atom stereocenters. The first-order chi connectivity index (χ1) is 6.59. The standard InChI is InChI=1S/C13H22O/c1-10(2)4-6-12-7-9-13(14)8-5-11(12)3/h10H,4-9H2,1-3H3. The zero-order chi connectivity index (χ0) is 10.6. The van der Waals surface area contributed by atoms with E-state index in [0.717, 1.165) is 31.6 Å². The van der Waals surface area contributed by atoms with Crippen LogP contribution in [0, 0.1) is 5.92 Å². The van der Waals surface area contributed by atoms with E-state index in [0.29, 0.717) is 5.78 Å². The number of hydrogen-bond donors (Lipinski definition) is 0. The second-order valence-electron chi connectivity index (χ2n) is 4.86. The van der Waals surface area contributed by atoms with E-state index in [1.165, 1.54) is 18.4 Å². The van der Waals surface area contributed by atoms with Gasteiger partial charge in [-0.05, 0) is 38.5 Å². The quantitative estimate of drug-likeness (QED) is 0.623. The largest absolute Gasteiger partial charge is 0.300 e. The lowest BCUT2D eigenvalue weighted by molar-refractivity contribution is -0.118. The van der Waals surface area contributed by atoms with Gasteiger partial charge in [-0.2, -0.15) is 0 Å². The average molecular weight is 194 g/mol. The SMILES string of the molecule is CC1=C(CCC(C)C)CCC(=O)CC1. The number of carbonyl (C=O) groups is 1. The normalized spacial score (nSPS) is 19.0. The molecule has 1 aliphatic carbocycles. The summed E-state index contributed by atoms with van der Waals surface area (Å²) in [5, 5.41) is 0. The van der Waals surface area contributed by atoms with Crippen molar-refractivity contribution in [3.05, 3.63) is 11.1 Å². The zero-order valence-electron chi connectivity index (χ0n) is 9.73. The molecule has 1 nitrogen and oxygen atoms in total. The molecule has 1 heteroatoms. The zero-order valence-corrected chi connectivity index (χ0v) is 9.73. The highest BCUT2D eigenvalue weighted by Crippen LogP contribution is 2.26. The summed E-state index contributed by atoms with van der Waals surface area (Å²) in [4.78, 5) is 11.3. The Morgan fingerprint density at radius 1 is 1.14 bits per heavy atom. The molecule has 0 heterocycles. The van der Waals surface area contributed by atoms with E-state index in [-0.39, 0.29) is 0 Å². The van der Waals surface area contributed by atoms with E-state index in [9.17, 15) is 4.79 Å². The molecule has 1 aliphatic rings. The predicted octanol–water partition coefficient (Wildman–Crippen LogP) is 3.88. The number of hydrogen-bond acceptors (Lipinski definition) is 1. The highest BCUT2D eigenvalue weighted by atomic mass is 16.1. The maximum absolute atomic E-state index is 11.3. The fourth-order valence-corrected chi connectivity index (χ4v) is 1.93. The Kier molecular flexibility index (Phi) is 4.37. The smallest absolute Gasteiger partial charge is 0.133 e. The van der Waals surface area contributed by atoms with E-state index in [4.69, 9.17) is 0 Å². The Bertz CT molecular complexity index is 236. The first kappa shape index (κ1) is 11.5. The maximum atomic E-state index is 11.3. The fourth-order valence-electron chi connectivity index (χ4n) is 1.93. The molecule has 0 saturated carbocycles. The molecule has 0 radical (unpaired) electrons. The molecular formula is C13H22O. The monoisotopic (exact) mass is 194 g/mol. The third kappa shape index (κ3) is 3.65. The van der Waals surface area contributed by atoms with E-state index < -0.39 is 0 Å². The number of carbonyl (C=O) groups excluding carboxylic acids is 1. The van der Waals surface area contributed by atoms with Crippen molar-refractivity contribution in [2.75, 3.05) is 0 Å². The van der Waals surface area contributed by atoms with Crippen molar-refractivity contribution in [1.82, 2.24) is 0 Å².